The summed E-state index contributed by atoms with van der Waals surface area (Å²) in [6.07, 6.45) is 0. The van der Waals surface area contributed by atoms with Crippen molar-refractivity contribution in [1.82, 2.24) is 0 Å². The number of hydrogen-bond acceptors (Lipinski definition) is 4. The average molecular weight is 303 g/mol. The van der Waals surface area contributed by atoms with Crippen LogP contribution in [0.1, 0.15) is 18.4 Å². The van der Waals surface area contributed by atoms with E-state index < -0.39 is 28.4 Å². The van der Waals surface area contributed by atoms with Crippen LogP contribution >= 0.6 is 15.9 Å². The summed E-state index contributed by atoms with van der Waals surface area (Å²) < 4.78 is 0.829. The smallest absolute Gasteiger partial charge is 0.223 e. The summed E-state index contributed by atoms with van der Waals surface area (Å²) in [6.45, 7) is 0.944. The van der Waals surface area contributed by atoms with Crippen molar-refractivity contribution in [2.24, 2.45) is 0 Å². The van der Waals surface area contributed by atoms with Crippen LogP contribution in [0.15, 0.2) is 28.7 Å². The van der Waals surface area contributed by atoms with Crippen LogP contribution in [-0.4, -0.2) is 22.4 Å². The van der Waals surface area contributed by atoms with E-state index in [4.69, 9.17) is 0 Å². The second-order valence-electron chi connectivity index (χ2n) is 3.70. The Kier molecular flexibility index (Phi) is 4.56. The van der Waals surface area contributed by atoms with Gasteiger partial charge in [-0.2, -0.15) is 0 Å². The van der Waals surface area contributed by atoms with Crippen LogP contribution in [0.2, 0.25) is 0 Å². The Labute approximate surface area is 106 Å². The van der Waals surface area contributed by atoms with Gasteiger partial charge in [0.2, 0.25) is 12.6 Å². The zero-order valence-corrected chi connectivity index (χ0v) is 10.7. The third-order valence-corrected chi connectivity index (χ3v) is 3.09. The summed E-state index contributed by atoms with van der Waals surface area (Å²) in [5, 5.41) is 21.3. The van der Waals surface area contributed by atoms with Gasteiger partial charge in [0.05, 0.1) is 0 Å². The van der Waals surface area contributed by atoms with E-state index in [9.17, 15) is 20.2 Å². The minimum absolute atomic E-state index is 0.441. The number of hydrogen-bond donors (Lipinski definition) is 0. The maximum Gasteiger partial charge on any atom is 0.223 e. The summed E-state index contributed by atoms with van der Waals surface area (Å²) in [6, 6.07) is 5.78. The third kappa shape index (κ3) is 3.77. The van der Waals surface area contributed by atoms with Crippen LogP contribution < -0.4 is 0 Å². The quantitative estimate of drug-likeness (QED) is 0.617. The Bertz CT molecular complexity index is 421. The highest BCUT2D eigenvalue weighted by molar-refractivity contribution is 9.10. The maximum absolute atomic E-state index is 10.7. The molecule has 0 amide bonds. The van der Waals surface area contributed by atoms with E-state index in [0.717, 1.165) is 4.47 Å². The Hall–Kier alpha value is -1.50. The lowest BCUT2D eigenvalue weighted by Gasteiger charge is -2.14. The molecule has 7 heteroatoms. The van der Waals surface area contributed by atoms with Crippen LogP contribution in [0.5, 0.6) is 0 Å². The summed E-state index contributed by atoms with van der Waals surface area (Å²) in [4.78, 5) is 20.3. The molecule has 0 aliphatic heterocycles. The van der Waals surface area contributed by atoms with E-state index in [1.165, 1.54) is 6.92 Å². The van der Waals surface area contributed by atoms with E-state index in [-0.39, 0.29) is 0 Å². The minimum atomic E-state index is -0.985. The van der Waals surface area contributed by atoms with E-state index >= 15 is 0 Å². The Morgan fingerprint density at radius 1 is 1.24 bits per heavy atom. The lowest BCUT2D eigenvalue weighted by molar-refractivity contribution is -0.543. The molecule has 0 unspecified atom stereocenters. The first-order valence-corrected chi connectivity index (χ1v) is 5.72. The molecule has 0 fully saturated rings. The Balaban J connectivity index is 3.01. The molecule has 0 aliphatic carbocycles. The number of halogens is 1. The van der Waals surface area contributed by atoms with Gasteiger partial charge in [-0.25, -0.2) is 0 Å². The summed E-state index contributed by atoms with van der Waals surface area (Å²) >= 11 is 3.24. The van der Waals surface area contributed by atoms with E-state index in [0.29, 0.717) is 5.56 Å². The number of nitrogens with zero attached hydrogens (tertiary/aromatic N) is 2. The fourth-order valence-corrected chi connectivity index (χ4v) is 1.82. The molecule has 17 heavy (non-hydrogen) atoms. The van der Waals surface area contributed by atoms with Crippen molar-refractivity contribution in [3.63, 3.8) is 0 Å². The molecule has 0 aromatic heterocycles. The average Bonchev–Trinajstić information content (AvgIpc) is 2.26. The van der Waals surface area contributed by atoms with Crippen LogP contribution in [0.3, 0.4) is 0 Å². The number of benzene rings is 1. The Morgan fingerprint density at radius 3 is 2.18 bits per heavy atom. The second-order valence-corrected chi connectivity index (χ2v) is 4.61. The van der Waals surface area contributed by atoms with Crippen molar-refractivity contribution >= 4 is 15.9 Å². The molecule has 0 heterocycles. The van der Waals surface area contributed by atoms with Crippen LogP contribution in [-0.2, 0) is 0 Å². The summed E-state index contributed by atoms with van der Waals surface area (Å²) in [7, 11) is 0. The molecule has 0 spiro atoms. The normalized spacial score (nSPS) is 14.0. The molecule has 0 saturated carbocycles. The van der Waals surface area contributed by atoms with Crippen molar-refractivity contribution in [1.29, 1.82) is 0 Å². The predicted molar refractivity (Wildman–Crippen MR) is 65.2 cm³/mol. The molecular weight excluding hydrogens is 292 g/mol. The molecule has 1 aromatic carbocycles. The van der Waals surface area contributed by atoms with Gasteiger partial charge in [-0.15, -0.1) is 0 Å². The Morgan fingerprint density at radius 2 is 1.76 bits per heavy atom. The van der Waals surface area contributed by atoms with Gasteiger partial charge in [0, 0.05) is 21.2 Å². The first kappa shape index (κ1) is 13.6. The molecule has 6 nitrogen and oxygen atoms in total. The highest BCUT2D eigenvalue weighted by atomic mass is 79.9. The van der Waals surface area contributed by atoms with Gasteiger partial charge in [-0.05, 0) is 17.7 Å². The van der Waals surface area contributed by atoms with Crippen molar-refractivity contribution in [3.8, 4) is 0 Å². The molecule has 0 N–H and O–H groups in total. The molecule has 0 saturated heterocycles. The van der Waals surface area contributed by atoms with Gasteiger partial charge in [0.25, 0.3) is 0 Å². The van der Waals surface area contributed by atoms with Gasteiger partial charge in [0.1, 0.15) is 5.92 Å². The van der Waals surface area contributed by atoms with Crippen molar-refractivity contribution in [2.45, 2.75) is 18.9 Å². The second kappa shape index (κ2) is 5.72. The summed E-state index contributed by atoms with van der Waals surface area (Å²) in [5.74, 6) is -0.715. The zero-order valence-electron chi connectivity index (χ0n) is 9.08. The van der Waals surface area contributed by atoms with Gasteiger partial charge in [-0.3, -0.25) is 20.2 Å². The predicted octanol–water partition coefficient (Wildman–Crippen LogP) is 2.47. The monoisotopic (exact) mass is 302 g/mol. The maximum atomic E-state index is 10.7. The van der Waals surface area contributed by atoms with E-state index in [1.54, 1.807) is 24.3 Å². The van der Waals surface area contributed by atoms with Gasteiger partial charge >= 0.3 is 0 Å². The zero-order chi connectivity index (χ0) is 13.0. The molecule has 1 rings (SSSR count). The van der Waals surface area contributed by atoms with Crippen molar-refractivity contribution in [2.75, 3.05) is 6.54 Å². The van der Waals surface area contributed by atoms with Gasteiger partial charge < -0.3 is 0 Å². The first-order chi connectivity index (χ1) is 7.91. The molecule has 0 aliphatic rings. The van der Waals surface area contributed by atoms with Crippen LogP contribution in [0.4, 0.5) is 0 Å². The fraction of sp³-hybridized carbons (Fsp3) is 0.400. The van der Waals surface area contributed by atoms with Gasteiger partial charge in [-0.1, -0.05) is 28.1 Å². The van der Waals surface area contributed by atoms with Gasteiger partial charge in [0.15, 0.2) is 0 Å². The highest BCUT2D eigenvalue weighted by Gasteiger charge is 2.32. The van der Waals surface area contributed by atoms with Crippen molar-refractivity contribution < 1.29 is 9.85 Å². The minimum Gasteiger partial charge on any atom is -0.265 e. The first-order valence-electron chi connectivity index (χ1n) is 4.92. The molecule has 1 aromatic rings. The lowest BCUT2D eigenvalue weighted by atomic mass is 9.93. The van der Waals surface area contributed by atoms with Crippen molar-refractivity contribution in [3.05, 3.63) is 54.5 Å². The third-order valence-electron chi connectivity index (χ3n) is 2.56. The number of rotatable bonds is 5. The standard InChI is InChI=1S/C10H11BrN2O4/c1-7(13(16)17)10(6-12(14)15)8-2-4-9(11)5-3-8/h2-5,7,10H,6H2,1H3/t7-,10-/m0/s1. The molecule has 92 valence electrons. The summed E-state index contributed by atoms with van der Waals surface area (Å²) in [5.41, 5.74) is 0.606. The highest BCUT2D eigenvalue weighted by Crippen LogP contribution is 2.23. The molecule has 0 bridgehead atoms. The number of nitro groups is 2. The van der Waals surface area contributed by atoms with E-state index in [1.807, 2.05) is 0 Å². The van der Waals surface area contributed by atoms with Crippen LogP contribution in [0.25, 0.3) is 0 Å². The topological polar surface area (TPSA) is 86.3 Å². The lowest BCUT2D eigenvalue weighted by Crippen LogP contribution is -2.29. The molecular formula is C10H11BrN2O4. The van der Waals surface area contributed by atoms with Crippen LogP contribution in [0, 0.1) is 20.2 Å². The molecule has 0 radical (unpaired) electrons. The van der Waals surface area contributed by atoms with E-state index in [2.05, 4.69) is 15.9 Å². The molecule has 2 atom stereocenters. The largest absolute Gasteiger partial charge is 0.265 e. The SMILES string of the molecule is C[C@@H]([C@H](C[N+](=O)[O-])c1ccc(Br)cc1)[N+](=O)[O-]. The fourth-order valence-electron chi connectivity index (χ4n) is 1.55.